The maximum atomic E-state index is 12.4. The zero-order chi connectivity index (χ0) is 18.6. The van der Waals surface area contributed by atoms with E-state index in [0.717, 1.165) is 5.56 Å². The average Bonchev–Trinajstić information content (AvgIpc) is 2.54. The molecule has 0 fully saturated rings. The second-order valence-electron chi connectivity index (χ2n) is 6.80. The number of para-hydroxylation sites is 1. The molecule has 0 aliphatic rings. The number of carbonyl (C=O) groups excluding carboxylic acids is 1. The molecule has 6 heteroatoms. The predicted octanol–water partition coefficient (Wildman–Crippen LogP) is 4.30. The molecule has 25 heavy (non-hydrogen) atoms. The van der Waals surface area contributed by atoms with E-state index in [1.54, 1.807) is 13.0 Å². The van der Waals surface area contributed by atoms with Gasteiger partial charge in [-0.25, -0.2) is 0 Å². The van der Waals surface area contributed by atoms with Crippen LogP contribution in [-0.4, -0.2) is 16.9 Å². The highest BCUT2D eigenvalue weighted by atomic mass is 16.6. The number of amides is 1. The molecule has 1 atom stereocenters. The highest BCUT2D eigenvalue weighted by molar-refractivity contribution is 5.94. The molecule has 1 N–H and O–H groups in total. The predicted molar refractivity (Wildman–Crippen MR) is 97.0 cm³/mol. The monoisotopic (exact) mass is 342 g/mol. The van der Waals surface area contributed by atoms with Gasteiger partial charge in [-0.1, -0.05) is 45.0 Å². The fraction of sp³-hybridized carbons (Fsp3) is 0.316. The van der Waals surface area contributed by atoms with Crippen LogP contribution in [-0.2, 0) is 10.2 Å². The van der Waals surface area contributed by atoms with Crippen molar-refractivity contribution in [2.45, 2.75) is 39.2 Å². The van der Waals surface area contributed by atoms with E-state index >= 15 is 0 Å². The number of nitro groups is 1. The summed E-state index contributed by atoms with van der Waals surface area (Å²) < 4.78 is 5.84. The summed E-state index contributed by atoms with van der Waals surface area (Å²) in [6.07, 6.45) is -0.747. The molecule has 1 amide bonds. The zero-order valence-corrected chi connectivity index (χ0v) is 14.8. The first kappa shape index (κ1) is 18.4. The topological polar surface area (TPSA) is 81.5 Å². The van der Waals surface area contributed by atoms with Gasteiger partial charge in [-0.15, -0.1) is 0 Å². The van der Waals surface area contributed by atoms with Crippen LogP contribution in [0.2, 0.25) is 0 Å². The first-order chi connectivity index (χ1) is 11.7. The Hall–Kier alpha value is -2.89. The van der Waals surface area contributed by atoms with E-state index in [9.17, 15) is 14.9 Å². The molecular formula is C19H22N2O4. The Morgan fingerprint density at radius 3 is 2.48 bits per heavy atom. The van der Waals surface area contributed by atoms with Crippen molar-refractivity contribution in [1.29, 1.82) is 0 Å². The molecule has 0 aliphatic heterocycles. The van der Waals surface area contributed by atoms with Crippen molar-refractivity contribution in [3.63, 3.8) is 0 Å². The summed E-state index contributed by atoms with van der Waals surface area (Å²) in [4.78, 5) is 22.7. The Morgan fingerprint density at radius 2 is 1.84 bits per heavy atom. The molecule has 0 aromatic heterocycles. The zero-order valence-electron chi connectivity index (χ0n) is 14.8. The van der Waals surface area contributed by atoms with Crippen molar-refractivity contribution in [3.05, 3.63) is 64.2 Å². The third kappa shape index (κ3) is 4.79. The van der Waals surface area contributed by atoms with Gasteiger partial charge in [-0.2, -0.15) is 0 Å². The molecule has 6 nitrogen and oxygen atoms in total. The molecule has 0 heterocycles. The molecule has 2 aromatic carbocycles. The standard InChI is InChI=1S/C19H22N2O4/c1-13(25-17-11-6-5-10-16(17)19(2,3)4)18(22)20-14-8-7-9-15(12-14)21(23)24/h5-13H,1-4H3,(H,20,22). The van der Waals surface area contributed by atoms with Crippen LogP contribution < -0.4 is 10.1 Å². The van der Waals surface area contributed by atoms with E-state index in [-0.39, 0.29) is 17.0 Å². The minimum atomic E-state index is -0.747. The number of benzene rings is 2. The highest BCUT2D eigenvalue weighted by Gasteiger charge is 2.22. The van der Waals surface area contributed by atoms with Crippen LogP contribution in [0.3, 0.4) is 0 Å². The largest absolute Gasteiger partial charge is 0.481 e. The van der Waals surface area contributed by atoms with Crippen LogP contribution in [0.4, 0.5) is 11.4 Å². The number of nitrogens with zero attached hydrogens (tertiary/aromatic N) is 1. The fourth-order valence-electron chi connectivity index (χ4n) is 2.37. The SMILES string of the molecule is CC(Oc1ccccc1C(C)(C)C)C(=O)Nc1cccc([N+](=O)[O-])c1. The van der Waals surface area contributed by atoms with Crippen molar-refractivity contribution in [1.82, 2.24) is 0 Å². The van der Waals surface area contributed by atoms with Crippen LogP contribution in [0, 0.1) is 10.1 Å². The summed E-state index contributed by atoms with van der Waals surface area (Å²) >= 11 is 0. The van der Waals surface area contributed by atoms with Gasteiger partial charge >= 0.3 is 0 Å². The maximum absolute atomic E-state index is 12.4. The smallest absolute Gasteiger partial charge is 0.271 e. The number of carbonyl (C=O) groups is 1. The molecule has 0 saturated carbocycles. The summed E-state index contributed by atoms with van der Waals surface area (Å²) in [6.45, 7) is 7.86. The fourth-order valence-corrected chi connectivity index (χ4v) is 2.37. The molecule has 2 rings (SSSR count). The lowest BCUT2D eigenvalue weighted by atomic mass is 9.86. The van der Waals surface area contributed by atoms with Gasteiger partial charge in [0.2, 0.25) is 0 Å². The number of non-ortho nitro benzene ring substituents is 1. The van der Waals surface area contributed by atoms with Crippen LogP contribution >= 0.6 is 0 Å². The number of anilines is 1. The summed E-state index contributed by atoms with van der Waals surface area (Å²) in [7, 11) is 0. The Bertz CT molecular complexity index is 781. The van der Waals surface area contributed by atoms with E-state index in [1.165, 1.54) is 18.2 Å². The van der Waals surface area contributed by atoms with E-state index in [0.29, 0.717) is 11.4 Å². The molecule has 0 bridgehead atoms. The Morgan fingerprint density at radius 1 is 1.16 bits per heavy atom. The van der Waals surface area contributed by atoms with Crippen molar-refractivity contribution in [3.8, 4) is 5.75 Å². The number of nitrogens with one attached hydrogen (secondary N) is 1. The number of nitro benzene ring substituents is 1. The van der Waals surface area contributed by atoms with Gasteiger partial charge in [0, 0.05) is 17.8 Å². The van der Waals surface area contributed by atoms with Gasteiger partial charge in [0.15, 0.2) is 6.10 Å². The summed E-state index contributed by atoms with van der Waals surface area (Å²) in [5.74, 6) is 0.279. The number of ether oxygens (including phenoxy) is 1. The average molecular weight is 342 g/mol. The third-order valence-corrected chi connectivity index (χ3v) is 3.69. The molecule has 0 radical (unpaired) electrons. The molecule has 0 aliphatic carbocycles. The Labute approximate surface area is 147 Å². The van der Waals surface area contributed by atoms with Gasteiger partial charge in [0.25, 0.3) is 11.6 Å². The number of hydrogen-bond donors (Lipinski definition) is 1. The number of hydrogen-bond acceptors (Lipinski definition) is 4. The molecule has 0 saturated heterocycles. The third-order valence-electron chi connectivity index (χ3n) is 3.69. The first-order valence-electron chi connectivity index (χ1n) is 8.00. The minimum Gasteiger partial charge on any atom is -0.481 e. The summed E-state index contributed by atoms with van der Waals surface area (Å²) in [5.41, 5.74) is 1.17. The van der Waals surface area contributed by atoms with Gasteiger partial charge in [0.1, 0.15) is 5.75 Å². The van der Waals surface area contributed by atoms with Crippen LogP contribution in [0.25, 0.3) is 0 Å². The quantitative estimate of drug-likeness (QED) is 0.649. The first-order valence-corrected chi connectivity index (χ1v) is 8.00. The Balaban J connectivity index is 2.12. The van der Waals surface area contributed by atoms with Crippen molar-refractivity contribution < 1.29 is 14.5 Å². The van der Waals surface area contributed by atoms with Gasteiger partial charge in [0.05, 0.1) is 4.92 Å². The molecule has 2 aromatic rings. The van der Waals surface area contributed by atoms with E-state index in [2.05, 4.69) is 26.1 Å². The lowest BCUT2D eigenvalue weighted by Crippen LogP contribution is -2.31. The van der Waals surface area contributed by atoms with Crippen molar-refractivity contribution >= 4 is 17.3 Å². The van der Waals surface area contributed by atoms with Gasteiger partial charge < -0.3 is 10.1 Å². The maximum Gasteiger partial charge on any atom is 0.271 e. The molecular weight excluding hydrogens is 320 g/mol. The second-order valence-corrected chi connectivity index (χ2v) is 6.80. The van der Waals surface area contributed by atoms with E-state index in [1.807, 2.05) is 24.3 Å². The minimum absolute atomic E-state index is 0.0792. The molecule has 132 valence electrons. The lowest BCUT2D eigenvalue weighted by Gasteiger charge is -2.24. The van der Waals surface area contributed by atoms with Crippen molar-refractivity contribution in [2.24, 2.45) is 0 Å². The second kappa shape index (κ2) is 7.34. The van der Waals surface area contributed by atoms with Crippen LogP contribution in [0.15, 0.2) is 48.5 Å². The lowest BCUT2D eigenvalue weighted by molar-refractivity contribution is -0.384. The van der Waals surface area contributed by atoms with E-state index < -0.39 is 11.0 Å². The van der Waals surface area contributed by atoms with Crippen LogP contribution in [0.5, 0.6) is 5.75 Å². The molecule has 1 unspecified atom stereocenters. The normalized spacial score (nSPS) is 12.3. The highest BCUT2D eigenvalue weighted by Crippen LogP contribution is 2.31. The summed E-state index contributed by atoms with van der Waals surface area (Å²) in [5, 5.41) is 13.5. The summed E-state index contributed by atoms with van der Waals surface area (Å²) in [6, 6.07) is 13.4. The van der Waals surface area contributed by atoms with Gasteiger partial charge in [-0.3, -0.25) is 14.9 Å². The van der Waals surface area contributed by atoms with Crippen molar-refractivity contribution in [2.75, 3.05) is 5.32 Å². The molecule has 0 spiro atoms. The van der Waals surface area contributed by atoms with Gasteiger partial charge in [-0.05, 0) is 30.0 Å². The Kier molecular flexibility index (Phi) is 5.41. The van der Waals surface area contributed by atoms with Crippen LogP contribution in [0.1, 0.15) is 33.3 Å². The van der Waals surface area contributed by atoms with E-state index in [4.69, 9.17) is 4.74 Å². The number of rotatable bonds is 5.